The van der Waals surface area contributed by atoms with Crippen LogP contribution in [0.3, 0.4) is 0 Å². The second kappa shape index (κ2) is 6.43. The molecule has 0 radical (unpaired) electrons. The van der Waals surface area contributed by atoms with Gasteiger partial charge in [-0.05, 0) is 35.7 Å². The average Bonchev–Trinajstić information content (AvgIpc) is 2.84. The largest absolute Gasteiger partial charge is 0.481 e. The van der Waals surface area contributed by atoms with Crippen LogP contribution in [-0.4, -0.2) is 20.6 Å². The molecule has 24 heavy (non-hydrogen) atoms. The van der Waals surface area contributed by atoms with Crippen molar-refractivity contribution >= 4 is 17.0 Å². The van der Waals surface area contributed by atoms with Gasteiger partial charge >= 0.3 is 5.97 Å². The lowest BCUT2D eigenvalue weighted by Gasteiger charge is -2.12. The van der Waals surface area contributed by atoms with Crippen LogP contribution in [0.25, 0.3) is 22.4 Å². The van der Waals surface area contributed by atoms with Crippen LogP contribution in [0.1, 0.15) is 19.4 Å². The number of hydrogen-bond donors (Lipinski definition) is 1. The van der Waals surface area contributed by atoms with E-state index < -0.39 is 5.97 Å². The Morgan fingerprint density at radius 1 is 1.25 bits per heavy atom. The van der Waals surface area contributed by atoms with Crippen molar-refractivity contribution in [2.24, 2.45) is 5.92 Å². The highest BCUT2D eigenvalue weighted by Gasteiger charge is 2.15. The first kappa shape index (κ1) is 16.2. The number of nitrogens with zero attached hydrogens (tertiary/aromatic N) is 2. The van der Waals surface area contributed by atoms with Gasteiger partial charge in [0.1, 0.15) is 11.6 Å². The van der Waals surface area contributed by atoms with E-state index >= 15 is 0 Å². The lowest BCUT2D eigenvalue weighted by Crippen LogP contribution is -2.06. The number of imidazole rings is 1. The third-order valence-electron chi connectivity index (χ3n) is 3.80. The standard InChI is InChI=1S/C19H19FN2O2/c1-12(2)11-22-17-7-6-13(9-18(23)24)8-16(17)21-19(22)14-4-3-5-15(20)10-14/h3-8,10,12H,9,11H2,1-2H3,(H,23,24). The first-order valence-corrected chi connectivity index (χ1v) is 7.91. The minimum Gasteiger partial charge on any atom is -0.481 e. The van der Waals surface area contributed by atoms with Crippen molar-refractivity contribution < 1.29 is 14.3 Å². The second-order valence-electron chi connectivity index (χ2n) is 6.34. The Kier molecular flexibility index (Phi) is 4.34. The summed E-state index contributed by atoms with van der Waals surface area (Å²) < 4.78 is 15.7. The number of fused-ring (bicyclic) bond motifs is 1. The number of carboxylic acid groups (broad SMARTS) is 1. The Morgan fingerprint density at radius 3 is 2.71 bits per heavy atom. The van der Waals surface area contributed by atoms with Gasteiger partial charge in [-0.25, -0.2) is 9.37 Å². The van der Waals surface area contributed by atoms with E-state index in [9.17, 15) is 9.18 Å². The van der Waals surface area contributed by atoms with Gasteiger partial charge < -0.3 is 9.67 Å². The predicted octanol–water partition coefficient (Wildman–Crippen LogP) is 4.13. The number of rotatable bonds is 5. The van der Waals surface area contributed by atoms with Gasteiger partial charge in [-0.1, -0.05) is 32.0 Å². The van der Waals surface area contributed by atoms with Crippen molar-refractivity contribution in [3.8, 4) is 11.4 Å². The maximum atomic E-state index is 13.6. The Hall–Kier alpha value is -2.69. The quantitative estimate of drug-likeness (QED) is 0.767. The van der Waals surface area contributed by atoms with E-state index in [1.54, 1.807) is 12.1 Å². The van der Waals surface area contributed by atoms with Gasteiger partial charge in [0, 0.05) is 12.1 Å². The molecule has 3 aromatic rings. The summed E-state index contributed by atoms with van der Waals surface area (Å²) in [5.74, 6) is -0.0809. The molecule has 0 spiro atoms. The molecule has 0 amide bonds. The lowest BCUT2D eigenvalue weighted by molar-refractivity contribution is -0.136. The summed E-state index contributed by atoms with van der Waals surface area (Å²) in [6.07, 6.45) is -0.0394. The molecule has 2 aromatic carbocycles. The zero-order valence-corrected chi connectivity index (χ0v) is 13.7. The zero-order valence-electron chi connectivity index (χ0n) is 13.7. The zero-order chi connectivity index (χ0) is 17.3. The van der Waals surface area contributed by atoms with E-state index in [1.165, 1.54) is 12.1 Å². The highest BCUT2D eigenvalue weighted by atomic mass is 19.1. The number of hydrogen-bond acceptors (Lipinski definition) is 2. The Bertz CT molecular complexity index is 900. The van der Waals surface area contributed by atoms with Gasteiger partial charge in [-0.15, -0.1) is 0 Å². The van der Waals surface area contributed by atoms with Crippen molar-refractivity contribution in [3.05, 3.63) is 53.8 Å². The summed E-state index contributed by atoms with van der Waals surface area (Å²) in [4.78, 5) is 15.6. The molecule has 0 atom stereocenters. The van der Waals surface area contributed by atoms with E-state index in [0.717, 1.165) is 17.6 Å². The number of benzene rings is 2. The van der Waals surface area contributed by atoms with Gasteiger partial charge in [0.25, 0.3) is 0 Å². The number of halogens is 1. The minimum absolute atomic E-state index is 0.0394. The van der Waals surface area contributed by atoms with Crippen LogP contribution in [0.5, 0.6) is 0 Å². The maximum absolute atomic E-state index is 13.6. The summed E-state index contributed by atoms with van der Waals surface area (Å²) in [6, 6.07) is 11.9. The molecule has 0 fully saturated rings. The molecule has 1 N–H and O–H groups in total. The predicted molar refractivity (Wildman–Crippen MR) is 91.3 cm³/mol. The molecule has 3 rings (SSSR count). The fraction of sp³-hybridized carbons (Fsp3) is 0.263. The van der Waals surface area contributed by atoms with E-state index in [1.807, 2.05) is 18.2 Å². The Morgan fingerprint density at radius 2 is 2.04 bits per heavy atom. The molecular formula is C19H19FN2O2. The number of aliphatic carboxylic acids is 1. The fourth-order valence-electron chi connectivity index (χ4n) is 2.86. The highest BCUT2D eigenvalue weighted by molar-refractivity contribution is 5.82. The lowest BCUT2D eigenvalue weighted by atomic mass is 10.1. The van der Waals surface area contributed by atoms with Gasteiger partial charge in [0.2, 0.25) is 0 Å². The number of carbonyl (C=O) groups is 1. The SMILES string of the molecule is CC(C)Cn1c(-c2cccc(F)c2)nc2cc(CC(=O)O)ccc21. The molecular weight excluding hydrogens is 307 g/mol. The van der Waals surface area contributed by atoms with Crippen molar-refractivity contribution in [1.82, 2.24) is 9.55 Å². The molecule has 124 valence electrons. The van der Waals surface area contributed by atoms with Gasteiger partial charge in [-0.3, -0.25) is 4.79 Å². The minimum atomic E-state index is -0.874. The van der Waals surface area contributed by atoms with Crippen molar-refractivity contribution in [1.29, 1.82) is 0 Å². The van der Waals surface area contributed by atoms with Crippen LogP contribution in [0, 0.1) is 11.7 Å². The Balaban J connectivity index is 2.17. The molecule has 1 heterocycles. The maximum Gasteiger partial charge on any atom is 0.307 e. The molecule has 5 heteroatoms. The molecule has 0 bridgehead atoms. The summed E-state index contributed by atoms with van der Waals surface area (Å²) >= 11 is 0. The van der Waals surface area contributed by atoms with Crippen LogP contribution < -0.4 is 0 Å². The Labute approximate surface area is 139 Å². The summed E-state index contributed by atoms with van der Waals surface area (Å²) in [5.41, 5.74) is 3.08. The first-order chi connectivity index (χ1) is 11.4. The highest BCUT2D eigenvalue weighted by Crippen LogP contribution is 2.27. The molecule has 0 aliphatic carbocycles. The first-order valence-electron chi connectivity index (χ1n) is 7.91. The molecule has 4 nitrogen and oxygen atoms in total. The molecule has 0 saturated carbocycles. The van der Waals surface area contributed by atoms with E-state index in [4.69, 9.17) is 5.11 Å². The summed E-state index contributed by atoms with van der Waals surface area (Å²) in [6.45, 7) is 4.97. The number of aromatic nitrogens is 2. The molecule has 1 aromatic heterocycles. The number of carboxylic acids is 1. The molecule has 0 saturated heterocycles. The fourth-order valence-corrected chi connectivity index (χ4v) is 2.86. The van der Waals surface area contributed by atoms with Crippen molar-refractivity contribution in [2.45, 2.75) is 26.8 Å². The van der Waals surface area contributed by atoms with Crippen LogP contribution in [0.15, 0.2) is 42.5 Å². The molecule has 0 aliphatic rings. The van der Waals surface area contributed by atoms with E-state index in [-0.39, 0.29) is 12.2 Å². The van der Waals surface area contributed by atoms with Crippen molar-refractivity contribution in [3.63, 3.8) is 0 Å². The third kappa shape index (κ3) is 3.30. The summed E-state index contributed by atoms with van der Waals surface area (Å²) in [5, 5.41) is 8.96. The second-order valence-corrected chi connectivity index (χ2v) is 6.34. The van der Waals surface area contributed by atoms with Gasteiger partial charge in [0.15, 0.2) is 0 Å². The molecule has 0 aliphatic heterocycles. The van der Waals surface area contributed by atoms with Gasteiger partial charge in [-0.2, -0.15) is 0 Å². The van der Waals surface area contributed by atoms with Gasteiger partial charge in [0.05, 0.1) is 17.5 Å². The van der Waals surface area contributed by atoms with Crippen LogP contribution >= 0.6 is 0 Å². The third-order valence-corrected chi connectivity index (χ3v) is 3.80. The topological polar surface area (TPSA) is 55.1 Å². The van der Waals surface area contributed by atoms with Crippen LogP contribution in [-0.2, 0) is 17.8 Å². The monoisotopic (exact) mass is 326 g/mol. The van der Waals surface area contributed by atoms with Crippen LogP contribution in [0.4, 0.5) is 4.39 Å². The van der Waals surface area contributed by atoms with E-state index in [0.29, 0.717) is 22.9 Å². The smallest absolute Gasteiger partial charge is 0.307 e. The summed E-state index contributed by atoms with van der Waals surface area (Å²) in [7, 11) is 0. The average molecular weight is 326 g/mol. The molecule has 0 unspecified atom stereocenters. The van der Waals surface area contributed by atoms with E-state index in [2.05, 4.69) is 23.4 Å². The van der Waals surface area contributed by atoms with Crippen molar-refractivity contribution in [2.75, 3.05) is 0 Å². The normalized spacial score (nSPS) is 11.3. The van der Waals surface area contributed by atoms with Crippen LogP contribution in [0.2, 0.25) is 0 Å².